The Kier molecular flexibility index (Phi) is 3.76. The zero-order chi connectivity index (χ0) is 11.7. The summed E-state index contributed by atoms with van der Waals surface area (Å²) in [6.45, 7) is 2.13. The lowest BCUT2D eigenvalue weighted by Crippen LogP contribution is -2.10. The van der Waals surface area contributed by atoms with Gasteiger partial charge in [0.2, 0.25) is 0 Å². The molecule has 1 unspecified atom stereocenters. The zero-order valence-corrected chi connectivity index (χ0v) is 11.8. The molecule has 2 aromatic heterocycles. The van der Waals surface area contributed by atoms with Gasteiger partial charge in [0.15, 0.2) is 0 Å². The van der Waals surface area contributed by atoms with Crippen molar-refractivity contribution in [3.8, 4) is 9.88 Å². The molecule has 3 nitrogen and oxygen atoms in total. The Labute approximate surface area is 110 Å². The standard InChI is InChI=1S/C10H11BrN2OS2/c1-5-9(6(14)4-12)16-10(13-5)7-2-3-8(11)15-7/h2-3,6,14H,4,12H2,1H3. The molecule has 0 aliphatic heterocycles. The molecule has 3 N–H and O–H groups in total. The van der Waals surface area contributed by atoms with Gasteiger partial charge in [-0.25, -0.2) is 4.98 Å². The highest BCUT2D eigenvalue weighted by Crippen LogP contribution is 2.36. The summed E-state index contributed by atoms with van der Waals surface area (Å²) in [5, 5.41) is 10.7. The number of thiophene rings is 1. The lowest BCUT2D eigenvalue weighted by molar-refractivity contribution is 0.189. The maximum atomic E-state index is 9.72. The fourth-order valence-electron chi connectivity index (χ4n) is 1.36. The van der Waals surface area contributed by atoms with Gasteiger partial charge < -0.3 is 10.8 Å². The Morgan fingerprint density at radius 3 is 2.81 bits per heavy atom. The molecule has 0 fully saturated rings. The number of aryl methyl sites for hydroxylation is 1. The minimum atomic E-state index is -0.602. The third-order valence-electron chi connectivity index (χ3n) is 2.14. The van der Waals surface area contributed by atoms with Crippen LogP contribution in [0.1, 0.15) is 16.7 Å². The quantitative estimate of drug-likeness (QED) is 0.914. The Bertz CT molecular complexity index is 495. The molecule has 2 heterocycles. The number of nitrogens with zero attached hydrogens (tertiary/aromatic N) is 1. The summed E-state index contributed by atoms with van der Waals surface area (Å²) in [5.74, 6) is 0. The van der Waals surface area contributed by atoms with E-state index >= 15 is 0 Å². The van der Waals surface area contributed by atoms with Crippen LogP contribution in [0.15, 0.2) is 15.9 Å². The fourth-order valence-corrected chi connectivity index (χ4v) is 3.86. The molecule has 2 rings (SSSR count). The molecular weight excluding hydrogens is 308 g/mol. The minimum absolute atomic E-state index is 0.233. The lowest BCUT2D eigenvalue weighted by atomic mass is 10.2. The van der Waals surface area contributed by atoms with Crippen LogP contribution in [0.2, 0.25) is 0 Å². The van der Waals surface area contributed by atoms with Crippen molar-refractivity contribution in [2.75, 3.05) is 6.54 Å². The van der Waals surface area contributed by atoms with Gasteiger partial charge in [-0.15, -0.1) is 22.7 Å². The van der Waals surface area contributed by atoms with Crippen LogP contribution < -0.4 is 5.73 Å². The van der Waals surface area contributed by atoms with Crippen molar-refractivity contribution in [3.05, 3.63) is 26.5 Å². The van der Waals surface area contributed by atoms with Gasteiger partial charge in [-0.1, -0.05) is 0 Å². The van der Waals surface area contributed by atoms with Crippen LogP contribution in [-0.2, 0) is 0 Å². The van der Waals surface area contributed by atoms with Gasteiger partial charge in [-0.3, -0.25) is 0 Å². The monoisotopic (exact) mass is 318 g/mol. The summed E-state index contributed by atoms with van der Waals surface area (Å²) in [6, 6.07) is 4.02. The molecular formula is C10H11BrN2OS2. The highest BCUT2D eigenvalue weighted by molar-refractivity contribution is 9.11. The van der Waals surface area contributed by atoms with Crippen LogP contribution >= 0.6 is 38.6 Å². The zero-order valence-electron chi connectivity index (χ0n) is 8.61. The molecule has 1 atom stereocenters. The van der Waals surface area contributed by atoms with Crippen LogP contribution in [0.5, 0.6) is 0 Å². The van der Waals surface area contributed by atoms with Crippen LogP contribution in [-0.4, -0.2) is 16.6 Å². The van der Waals surface area contributed by atoms with E-state index in [0.29, 0.717) is 0 Å². The Hall–Kier alpha value is -0.270. The number of aliphatic hydroxyl groups is 1. The normalized spacial score (nSPS) is 13.0. The van der Waals surface area contributed by atoms with Gasteiger partial charge in [0, 0.05) is 6.54 Å². The molecule has 0 saturated carbocycles. The maximum absolute atomic E-state index is 9.72. The van der Waals surface area contributed by atoms with E-state index in [1.165, 1.54) is 11.3 Å². The van der Waals surface area contributed by atoms with Crippen LogP contribution in [0.3, 0.4) is 0 Å². The third-order valence-corrected chi connectivity index (χ3v) is 5.19. The predicted octanol–water partition coefficient (Wildman–Crippen LogP) is 2.93. The molecule has 0 amide bonds. The van der Waals surface area contributed by atoms with Crippen molar-refractivity contribution >= 4 is 38.6 Å². The predicted molar refractivity (Wildman–Crippen MR) is 71.9 cm³/mol. The van der Waals surface area contributed by atoms with Gasteiger partial charge in [0.05, 0.1) is 19.2 Å². The summed E-state index contributed by atoms with van der Waals surface area (Å²) < 4.78 is 1.08. The molecule has 86 valence electrons. The van der Waals surface area contributed by atoms with Gasteiger partial charge in [-0.05, 0) is 35.0 Å². The highest BCUT2D eigenvalue weighted by Gasteiger charge is 2.16. The number of hydrogen-bond donors (Lipinski definition) is 2. The minimum Gasteiger partial charge on any atom is -0.386 e. The molecule has 6 heteroatoms. The number of aliphatic hydroxyl groups excluding tert-OH is 1. The molecule has 0 saturated heterocycles. The van der Waals surface area contributed by atoms with Gasteiger partial charge in [-0.2, -0.15) is 0 Å². The van der Waals surface area contributed by atoms with E-state index in [-0.39, 0.29) is 6.54 Å². The number of thiazole rings is 1. The third kappa shape index (κ3) is 2.36. The summed E-state index contributed by atoms with van der Waals surface area (Å²) in [5.41, 5.74) is 6.31. The molecule has 0 spiro atoms. The molecule has 0 aliphatic carbocycles. The topological polar surface area (TPSA) is 59.1 Å². The van der Waals surface area contributed by atoms with Crippen LogP contribution in [0.25, 0.3) is 9.88 Å². The van der Waals surface area contributed by atoms with Crippen molar-refractivity contribution in [2.24, 2.45) is 5.73 Å². The Morgan fingerprint density at radius 2 is 2.25 bits per heavy atom. The molecule has 2 aromatic rings. The van der Waals surface area contributed by atoms with Crippen molar-refractivity contribution < 1.29 is 5.11 Å². The Balaban J connectivity index is 2.37. The van der Waals surface area contributed by atoms with Crippen molar-refractivity contribution in [1.29, 1.82) is 0 Å². The van der Waals surface area contributed by atoms with Gasteiger partial charge in [0.1, 0.15) is 11.1 Å². The van der Waals surface area contributed by atoms with E-state index in [2.05, 4.69) is 20.9 Å². The number of rotatable bonds is 3. The average Bonchev–Trinajstić information content (AvgIpc) is 2.83. The number of aromatic nitrogens is 1. The molecule has 0 bridgehead atoms. The first kappa shape index (κ1) is 12.2. The first-order chi connectivity index (χ1) is 7.61. The van der Waals surface area contributed by atoms with Gasteiger partial charge >= 0.3 is 0 Å². The molecule has 0 aromatic carbocycles. The summed E-state index contributed by atoms with van der Waals surface area (Å²) >= 11 is 6.56. The fraction of sp³-hybridized carbons (Fsp3) is 0.300. The second kappa shape index (κ2) is 4.93. The van der Waals surface area contributed by atoms with Crippen molar-refractivity contribution in [2.45, 2.75) is 13.0 Å². The number of halogens is 1. The molecule has 16 heavy (non-hydrogen) atoms. The summed E-state index contributed by atoms with van der Waals surface area (Å²) in [6.07, 6.45) is -0.602. The first-order valence-electron chi connectivity index (χ1n) is 4.73. The number of nitrogens with two attached hydrogens (primary N) is 1. The maximum Gasteiger partial charge on any atom is 0.134 e. The van der Waals surface area contributed by atoms with Crippen LogP contribution in [0, 0.1) is 6.92 Å². The van der Waals surface area contributed by atoms with E-state index < -0.39 is 6.10 Å². The van der Waals surface area contributed by atoms with E-state index in [1.807, 2.05) is 19.1 Å². The van der Waals surface area contributed by atoms with Crippen molar-refractivity contribution in [1.82, 2.24) is 4.98 Å². The molecule has 0 radical (unpaired) electrons. The smallest absolute Gasteiger partial charge is 0.134 e. The highest BCUT2D eigenvalue weighted by atomic mass is 79.9. The second-order valence-corrected chi connectivity index (χ2v) is 6.82. The summed E-state index contributed by atoms with van der Waals surface area (Å²) in [7, 11) is 0. The average molecular weight is 319 g/mol. The van der Waals surface area contributed by atoms with E-state index in [4.69, 9.17) is 5.73 Å². The molecule has 0 aliphatic rings. The first-order valence-corrected chi connectivity index (χ1v) is 7.15. The Morgan fingerprint density at radius 1 is 1.50 bits per heavy atom. The van der Waals surface area contributed by atoms with Crippen LogP contribution in [0.4, 0.5) is 0 Å². The summed E-state index contributed by atoms with van der Waals surface area (Å²) in [4.78, 5) is 6.43. The lowest BCUT2D eigenvalue weighted by Gasteiger charge is -2.03. The van der Waals surface area contributed by atoms with E-state index in [9.17, 15) is 5.11 Å². The largest absolute Gasteiger partial charge is 0.386 e. The number of hydrogen-bond acceptors (Lipinski definition) is 5. The SMILES string of the molecule is Cc1nc(-c2ccc(Br)s2)sc1C(O)CN. The van der Waals surface area contributed by atoms with E-state index in [0.717, 1.165) is 24.2 Å². The van der Waals surface area contributed by atoms with Gasteiger partial charge in [0.25, 0.3) is 0 Å². The van der Waals surface area contributed by atoms with E-state index in [1.54, 1.807) is 11.3 Å². The second-order valence-electron chi connectivity index (χ2n) is 3.32. The van der Waals surface area contributed by atoms with Crippen molar-refractivity contribution in [3.63, 3.8) is 0 Å².